The minimum Gasteiger partial charge on any atom is -0.487 e. The highest BCUT2D eigenvalue weighted by molar-refractivity contribution is 5.37. The van der Waals surface area contributed by atoms with E-state index in [-0.39, 0.29) is 23.3 Å². The van der Waals surface area contributed by atoms with Crippen LogP contribution in [0.25, 0.3) is 0 Å². The molecule has 0 saturated carbocycles. The summed E-state index contributed by atoms with van der Waals surface area (Å²) in [4.78, 5) is 0. The number of benzene rings is 1. The Morgan fingerprint density at radius 3 is 2.40 bits per heavy atom. The van der Waals surface area contributed by atoms with Crippen molar-refractivity contribution in [3.05, 3.63) is 29.3 Å². The predicted molar refractivity (Wildman–Crippen MR) is 82.1 cm³/mol. The molecule has 112 valence electrons. The Labute approximate surface area is 122 Å². The molecule has 1 fully saturated rings. The Kier molecular flexibility index (Phi) is 3.87. The van der Waals surface area contributed by atoms with E-state index in [0.29, 0.717) is 0 Å². The van der Waals surface area contributed by atoms with Crippen LogP contribution in [0.5, 0.6) is 5.75 Å². The van der Waals surface area contributed by atoms with Crippen molar-refractivity contribution in [2.24, 2.45) is 5.73 Å². The second-order valence-corrected chi connectivity index (χ2v) is 7.09. The van der Waals surface area contributed by atoms with Gasteiger partial charge in [0.25, 0.3) is 0 Å². The third-order valence-electron chi connectivity index (χ3n) is 3.99. The molecule has 1 aliphatic heterocycles. The lowest BCUT2D eigenvalue weighted by atomic mass is 9.97. The highest BCUT2D eigenvalue weighted by Crippen LogP contribution is 2.40. The van der Waals surface area contributed by atoms with Crippen molar-refractivity contribution in [1.82, 2.24) is 0 Å². The van der Waals surface area contributed by atoms with Crippen molar-refractivity contribution in [2.45, 2.75) is 71.3 Å². The van der Waals surface area contributed by atoms with E-state index in [4.69, 9.17) is 15.2 Å². The largest absolute Gasteiger partial charge is 0.487 e. The molecule has 2 N–H and O–H groups in total. The SMILES string of the molecule is Cc1cc([C@H](C)N)ccc1OC1CC(C)(C)OC1(C)C. The summed E-state index contributed by atoms with van der Waals surface area (Å²) in [5, 5.41) is 0. The average Bonchev–Trinajstić information content (AvgIpc) is 2.49. The monoisotopic (exact) mass is 277 g/mol. The molecular formula is C17H27NO2. The Balaban J connectivity index is 2.18. The van der Waals surface area contributed by atoms with Gasteiger partial charge in [0.2, 0.25) is 0 Å². The number of ether oxygens (including phenoxy) is 2. The Bertz CT molecular complexity index is 492. The summed E-state index contributed by atoms with van der Waals surface area (Å²) in [5.41, 5.74) is 7.78. The first-order valence-electron chi connectivity index (χ1n) is 7.34. The lowest BCUT2D eigenvalue weighted by Gasteiger charge is -2.28. The predicted octanol–water partition coefficient (Wildman–Crippen LogP) is 3.74. The molecular weight excluding hydrogens is 250 g/mol. The van der Waals surface area contributed by atoms with Gasteiger partial charge in [-0.25, -0.2) is 0 Å². The van der Waals surface area contributed by atoms with Crippen molar-refractivity contribution >= 4 is 0 Å². The molecule has 0 amide bonds. The van der Waals surface area contributed by atoms with Gasteiger partial charge in [0, 0.05) is 12.5 Å². The highest BCUT2D eigenvalue weighted by Gasteiger charge is 2.47. The summed E-state index contributed by atoms with van der Waals surface area (Å²) < 4.78 is 12.3. The number of hydrogen-bond acceptors (Lipinski definition) is 3. The quantitative estimate of drug-likeness (QED) is 0.915. The van der Waals surface area contributed by atoms with Crippen LogP contribution >= 0.6 is 0 Å². The van der Waals surface area contributed by atoms with E-state index in [2.05, 4.69) is 40.7 Å². The van der Waals surface area contributed by atoms with E-state index < -0.39 is 0 Å². The topological polar surface area (TPSA) is 44.5 Å². The van der Waals surface area contributed by atoms with E-state index in [1.165, 1.54) is 0 Å². The van der Waals surface area contributed by atoms with E-state index in [9.17, 15) is 0 Å². The van der Waals surface area contributed by atoms with Gasteiger partial charge in [-0.15, -0.1) is 0 Å². The zero-order valence-electron chi connectivity index (χ0n) is 13.5. The van der Waals surface area contributed by atoms with Gasteiger partial charge in [0.15, 0.2) is 0 Å². The smallest absolute Gasteiger partial charge is 0.130 e. The fourth-order valence-electron chi connectivity index (χ4n) is 2.94. The standard InChI is InChI=1S/C17H27NO2/c1-11-9-13(12(2)18)7-8-14(11)19-15-10-16(3,4)20-17(15,5)6/h7-9,12,15H,10,18H2,1-6H3/t12-,15?/m0/s1. The number of nitrogens with two attached hydrogens (primary N) is 1. The van der Waals surface area contributed by atoms with Crippen LogP contribution in [0.3, 0.4) is 0 Å². The summed E-state index contributed by atoms with van der Waals surface area (Å²) >= 11 is 0. The second-order valence-electron chi connectivity index (χ2n) is 7.09. The zero-order chi connectivity index (χ0) is 15.1. The third-order valence-corrected chi connectivity index (χ3v) is 3.99. The molecule has 3 nitrogen and oxygen atoms in total. The average molecular weight is 277 g/mol. The molecule has 0 radical (unpaired) electrons. The highest BCUT2D eigenvalue weighted by atomic mass is 16.6. The van der Waals surface area contributed by atoms with Crippen LogP contribution in [0, 0.1) is 6.92 Å². The van der Waals surface area contributed by atoms with Gasteiger partial charge >= 0.3 is 0 Å². The maximum Gasteiger partial charge on any atom is 0.130 e. The molecule has 1 saturated heterocycles. The van der Waals surface area contributed by atoms with Crippen LogP contribution in [0.15, 0.2) is 18.2 Å². The van der Waals surface area contributed by atoms with Crippen LogP contribution < -0.4 is 10.5 Å². The summed E-state index contributed by atoms with van der Waals surface area (Å²) in [6, 6.07) is 6.22. The minimum atomic E-state index is -0.268. The first-order valence-corrected chi connectivity index (χ1v) is 7.34. The van der Waals surface area contributed by atoms with Gasteiger partial charge < -0.3 is 15.2 Å². The molecule has 1 aliphatic rings. The van der Waals surface area contributed by atoms with Crippen LogP contribution in [-0.2, 0) is 4.74 Å². The van der Waals surface area contributed by atoms with Crippen molar-refractivity contribution < 1.29 is 9.47 Å². The lowest BCUT2D eigenvalue weighted by molar-refractivity contribution is -0.0846. The minimum absolute atomic E-state index is 0.0490. The molecule has 0 aromatic heterocycles. The van der Waals surface area contributed by atoms with E-state index in [1.54, 1.807) is 0 Å². The molecule has 2 atom stereocenters. The number of aryl methyl sites for hydroxylation is 1. The summed E-state index contributed by atoms with van der Waals surface area (Å²) in [5.74, 6) is 0.925. The fourth-order valence-corrected chi connectivity index (χ4v) is 2.94. The third kappa shape index (κ3) is 3.15. The first-order chi connectivity index (χ1) is 9.11. The Morgan fingerprint density at radius 2 is 1.95 bits per heavy atom. The lowest BCUT2D eigenvalue weighted by Crippen LogP contribution is -2.36. The van der Waals surface area contributed by atoms with Crippen molar-refractivity contribution in [1.29, 1.82) is 0 Å². The molecule has 1 heterocycles. The maximum atomic E-state index is 6.23. The molecule has 0 spiro atoms. The molecule has 20 heavy (non-hydrogen) atoms. The van der Waals surface area contributed by atoms with Gasteiger partial charge in [0.05, 0.1) is 5.60 Å². The molecule has 0 bridgehead atoms. The van der Waals surface area contributed by atoms with Crippen LogP contribution in [0.4, 0.5) is 0 Å². The van der Waals surface area contributed by atoms with E-state index in [0.717, 1.165) is 23.3 Å². The zero-order valence-corrected chi connectivity index (χ0v) is 13.5. The number of rotatable bonds is 3. The normalized spacial score (nSPS) is 25.4. The summed E-state index contributed by atoms with van der Waals surface area (Å²) in [7, 11) is 0. The van der Waals surface area contributed by atoms with Crippen LogP contribution in [0.2, 0.25) is 0 Å². The molecule has 2 rings (SSSR count). The number of hydrogen-bond donors (Lipinski definition) is 1. The van der Waals surface area contributed by atoms with Crippen molar-refractivity contribution in [3.8, 4) is 5.75 Å². The second kappa shape index (κ2) is 5.05. The maximum absolute atomic E-state index is 6.23. The fraction of sp³-hybridized carbons (Fsp3) is 0.647. The van der Waals surface area contributed by atoms with Gasteiger partial charge in [-0.1, -0.05) is 12.1 Å². The van der Waals surface area contributed by atoms with Crippen molar-refractivity contribution in [2.75, 3.05) is 0 Å². The summed E-state index contributed by atoms with van der Waals surface area (Å²) in [6.07, 6.45) is 0.964. The molecule has 0 aliphatic carbocycles. The summed E-state index contributed by atoms with van der Waals surface area (Å²) in [6.45, 7) is 12.5. The van der Waals surface area contributed by atoms with Gasteiger partial charge in [-0.3, -0.25) is 0 Å². The van der Waals surface area contributed by atoms with Gasteiger partial charge in [-0.05, 0) is 58.7 Å². The van der Waals surface area contributed by atoms with Crippen LogP contribution in [0.1, 0.15) is 58.2 Å². The Morgan fingerprint density at radius 1 is 1.30 bits per heavy atom. The molecule has 1 aromatic rings. The van der Waals surface area contributed by atoms with Gasteiger partial charge in [-0.2, -0.15) is 0 Å². The van der Waals surface area contributed by atoms with Crippen molar-refractivity contribution in [3.63, 3.8) is 0 Å². The molecule has 3 heteroatoms. The van der Waals surface area contributed by atoms with Gasteiger partial charge in [0.1, 0.15) is 17.5 Å². The van der Waals surface area contributed by atoms with E-state index >= 15 is 0 Å². The first kappa shape index (κ1) is 15.3. The molecule has 1 aromatic carbocycles. The van der Waals surface area contributed by atoms with Crippen LogP contribution in [-0.4, -0.2) is 17.3 Å². The molecule has 1 unspecified atom stereocenters. The Hall–Kier alpha value is -1.06. The van der Waals surface area contributed by atoms with E-state index in [1.807, 2.05) is 19.1 Å².